The van der Waals surface area contributed by atoms with Gasteiger partial charge < -0.3 is 5.73 Å². The standard InChI is InChI=1S/C20H18ClN5/c21-16(15-9-5-2-6-10-15)12-26-20-18(19(22)23-13-24-20)17(25-26)11-14-7-3-1-4-8-14/h1-10,13,16H,11-12H2,(H2,22,23,24). The van der Waals surface area contributed by atoms with E-state index < -0.39 is 0 Å². The number of halogens is 1. The molecule has 2 aromatic heterocycles. The number of rotatable bonds is 5. The van der Waals surface area contributed by atoms with Gasteiger partial charge in [0.2, 0.25) is 0 Å². The summed E-state index contributed by atoms with van der Waals surface area (Å²) >= 11 is 6.61. The van der Waals surface area contributed by atoms with Crippen molar-refractivity contribution in [3.8, 4) is 0 Å². The highest BCUT2D eigenvalue weighted by Crippen LogP contribution is 2.27. The van der Waals surface area contributed by atoms with Crippen LogP contribution in [0.25, 0.3) is 11.0 Å². The zero-order valence-electron chi connectivity index (χ0n) is 14.1. The molecule has 1 unspecified atom stereocenters. The van der Waals surface area contributed by atoms with Gasteiger partial charge in [0.05, 0.1) is 23.0 Å². The summed E-state index contributed by atoms with van der Waals surface area (Å²) in [4.78, 5) is 8.54. The molecule has 0 aliphatic carbocycles. The van der Waals surface area contributed by atoms with Gasteiger partial charge in [0.15, 0.2) is 5.65 Å². The SMILES string of the molecule is Nc1ncnc2c1c(Cc1ccccc1)nn2CC(Cl)c1ccccc1. The van der Waals surface area contributed by atoms with Crippen LogP contribution in [0.3, 0.4) is 0 Å². The van der Waals surface area contributed by atoms with Crippen LogP contribution < -0.4 is 5.73 Å². The maximum absolute atomic E-state index is 6.61. The molecule has 2 heterocycles. The summed E-state index contributed by atoms with van der Waals surface area (Å²) in [7, 11) is 0. The molecule has 0 saturated heterocycles. The predicted molar refractivity (Wildman–Crippen MR) is 104 cm³/mol. The van der Waals surface area contributed by atoms with Gasteiger partial charge in [-0.15, -0.1) is 11.6 Å². The Morgan fingerprint density at radius 1 is 0.962 bits per heavy atom. The lowest BCUT2D eigenvalue weighted by atomic mass is 10.1. The summed E-state index contributed by atoms with van der Waals surface area (Å²) in [5, 5.41) is 5.35. The van der Waals surface area contributed by atoms with Crippen LogP contribution in [0.4, 0.5) is 5.82 Å². The number of fused-ring (bicyclic) bond motifs is 1. The minimum atomic E-state index is -0.208. The van der Waals surface area contributed by atoms with Crippen molar-refractivity contribution in [2.24, 2.45) is 0 Å². The van der Waals surface area contributed by atoms with E-state index in [1.807, 2.05) is 53.2 Å². The molecule has 0 aliphatic rings. The maximum Gasteiger partial charge on any atom is 0.163 e. The summed E-state index contributed by atoms with van der Waals surface area (Å²) in [6.45, 7) is 0.507. The molecule has 0 bridgehead atoms. The second-order valence-electron chi connectivity index (χ2n) is 6.13. The first kappa shape index (κ1) is 16.5. The van der Waals surface area contributed by atoms with Crippen molar-refractivity contribution in [3.05, 3.63) is 83.8 Å². The predicted octanol–water partition coefficient (Wildman–Crippen LogP) is 3.98. The molecule has 2 N–H and O–H groups in total. The van der Waals surface area contributed by atoms with Gasteiger partial charge in [0.1, 0.15) is 12.1 Å². The average Bonchev–Trinajstić information content (AvgIpc) is 3.02. The van der Waals surface area contributed by atoms with Gasteiger partial charge in [0.25, 0.3) is 0 Å². The topological polar surface area (TPSA) is 69.6 Å². The number of benzene rings is 2. The van der Waals surface area contributed by atoms with E-state index in [-0.39, 0.29) is 5.38 Å². The van der Waals surface area contributed by atoms with Crippen molar-refractivity contribution in [1.82, 2.24) is 19.7 Å². The molecular weight excluding hydrogens is 346 g/mol. The van der Waals surface area contributed by atoms with Crippen LogP contribution >= 0.6 is 11.6 Å². The van der Waals surface area contributed by atoms with Crippen LogP contribution in [0.1, 0.15) is 22.2 Å². The summed E-state index contributed by atoms with van der Waals surface area (Å²) in [6.07, 6.45) is 2.13. The smallest absolute Gasteiger partial charge is 0.163 e. The van der Waals surface area contributed by atoms with E-state index in [4.69, 9.17) is 22.4 Å². The molecule has 0 spiro atoms. The molecule has 5 nitrogen and oxygen atoms in total. The zero-order valence-corrected chi connectivity index (χ0v) is 14.8. The summed E-state index contributed by atoms with van der Waals surface area (Å²) < 4.78 is 1.83. The third-order valence-corrected chi connectivity index (χ3v) is 4.73. The van der Waals surface area contributed by atoms with Crippen molar-refractivity contribution in [3.63, 3.8) is 0 Å². The van der Waals surface area contributed by atoms with E-state index in [0.717, 1.165) is 22.2 Å². The molecular formula is C20H18ClN5. The van der Waals surface area contributed by atoms with Crippen LogP contribution in [0, 0.1) is 0 Å². The van der Waals surface area contributed by atoms with Gasteiger partial charge in [0, 0.05) is 6.42 Å². The summed E-state index contributed by atoms with van der Waals surface area (Å²) in [5.74, 6) is 0.443. The fraction of sp³-hybridized carbons (Fsp3) is 0.150. The second-order valence-corrected chi connectivity index (χ2v) is 6.65. The first-order chi connectivity index (χ1) is 12.7. The lowest BCUT2D eigenvalue weighted by molar-refractivity contribution is 0.608. The van der Waals surface area contributed by atoms with Crippen molar-refractivity contribution in [1.29, 1.82) is 0 Å². The van der Waals surface area contributed by atoms with Crippen molar-refractivity contribution in [2.75, 3.05) is 5.73 Å². The molecule has 0 amide bonds. The first-order valence-corrected chi connectivity index (χ1v) is 8.85. The Hall–Kier alpha value is -2.92. The molecule has 2 aromatic carbocycles. The average molecular weight is 364 g/mol. The number of hydrogen-bond acceptors (Lipinski definition) is 4. The minimum Gasteiger partial charge on any atom is -0.383 e. The lowest BCUT2D eigenvalue weighted by Gasteiger charge is -2.10. The number of anilines is 1. The Balaban J connectivity index is 1.72. The van der Waals surface area contributed by atoms with Crippen molar-refractivity contribution >= 4 is 28.5 Å². The van der Waals surface area contributed by atoms with E-state index in [1.54, 1.807) is 0 Å². The molecule has 4 rings (SSSR count). The Morgan fingerprint density at radius 2 is 1.65 bits per heavy atom. The number of nitrogen functional groups attached to an aromatic ring is 1. The van der Waals surface area contributed by atoms with Gasteiger partial charge in [-0.3, -0.25) is 0 Å². The lowest BCUT2D eigenvalue weighted by Crippen LogP contribution is -2.07. The number of nitrogens with zero attached hydrogens (tertiary/aromatic N) is 4. The molecule has 130 valence electrons. The van der Waals surface area contributed by atoms with Crippen molar-refractivity contribution < 1.29 is 0 Å². The first-order valence-electron chi connectivity index (χ1n) is 8.41. The zero-order chi connectivity index (χ0) is 17.9. The molecule has 0 radical (unpaired) electrons. The molecule has 1 atom stereocenters. The van der Waals surface area contributed by atoms with Crippen LogP contribution in [-0.2, 0) is 13.0 Å². The molecule has 6 heteroatoms. The third kappa shape index (κ3) is 3.26. The number of alkyl halides is 1. The molecule has 0 saturated carbocycles. The summed E-state index contributed by atoms with van der Waals surface area (Å²) in [5.41, 5.74) is 9.91. The van der Waals surface area contributed by atoms with E-state index in [2.05, 4.69) is 22.1 Å². The van der Waals surface area contributed by atoms with E-state index >= 15 is 0 Å². The number of hydrogen-bond donors (Lipinski definition) is 1. The normalized spacial score (nSPS) is 12.3. The fourth-order valence-electron chi connectivity index (χ4n) is 3.06. The minimum absolute atomic E-state index is 0.208. The van der Waals surface area contributed by atoms with E-state index in [1.165, 1.54) is 6.33 Å². The van der Waals surface area contributed by atoms with E-state index in [0.29, 0.717) is 24.4 Å². The molecule has 0 fully saturated rings. The van der Waals surface area contributed by atoms with Crippen molar-refractivity contribution in [2.45, 2.75) is 18.3 Å². The molecule has 4 aromatic rings. The summed E-state index contributed by atoms with van der Waals surface area (Å²) in [6, 6.07) is 20.1. The largest absolute Gasteiger partial charge is 0.383 e. The van der Waals surface area contributed by atoms with Gasteiger partial charge in [-0.1, -0.05) is 60.7 Å². The Bertz CT molecular complexity index is 1010. The highest BCUT2D eigenvalue weighted by molar-refractivity contribution is 6.20. The highest BCUT2D eigenvalue weighted by Gasteiger charge is 2.18. The number of aromatic nitrogens is 4. The monoisotopic (exact) mass is 363 g/mol. The van der Waals surface area contributed by atoms with Crippen LogP contribution in [0.5, 0.6) is 0 Å². The van der Waals surface area contributed by atoms with Crippen LogP contribution in [-0.4, -0.2) is 19.7 Å². The van der Waals surface area contributed by atoms with Gasteiger partial charge in [-0.25, -0.2) is 14.6 Å². The quantitative estimate of drug-likeness (QED) is 0.544. The molecule has 26 heavy (non-hydrogen) atoms. The Labute approximate surface area is 156 Å². The van der Waals surface area contributed by atoms with Gasteiger partial charge in [-0.05, 0) is 11.1 Å². The van der Waals surface area contributed by atoms with Crippen LogP contribution in [0.2, 0.25) is 0 Å². The second kappa shape index (κ2) is 7.14. The fourth-order valence-corrected chi connectivity index (χ4v) is 3.34. The Kier molecular flexibility index (Phi) is 4.54. The highest BCUT2D eigenvalue weighted by atomic mass is 35.5. The molecule has 0 aliphatic heterocycles. The third-order valence-electron chi connectivity index (χ3n) is 4.34. The Morgan fingerprint density at radius 3 is 2.38 bits per heavy atom. The van der Waals surface area contributed by atoms with Gasteiger partial charge in [-0.2, -0.15) is 5.10 Å². The van der Waals surface area contributed by atoms with E-state index in [9.17, 15) is 0 Å². The van der Waals surface area contributed by atoms with Crippen LogP contribution in [0.15, 0.2) is 67.0 Å². The maximum atomic E-state index is 6.61. The number of nitrogens with two attached hydrogens (primary N) is 1. The van der Waals surface area contributed by atoms with Gasteiger partial charge >= 0.3 is 0 Å².